The maximum atomic E-state index is 4.49. The second-order valence-corrected chi connectivity index (χ2v) is 4.43. The molecule has 0 saturated carbocycles. The molecule has 2 heterocycles. The van der Waals surface area contributed by atoms with Crippen molar-refractivity contribution in [2.45, 2.75) is 32.9 Å². The van der Waals surface area contributed by atoms with Crippen LogP contribution in [0.15, 0.2) is 24.7 Å². The van der Waals surface area contributed by atoms with E-state index in [4.69, 9.17) is 0 Å². The highest BCUT2D eigenvalue weighted by Crippen LogP contribution is 2.19. The Morgan fingerprint density at radius 1 is 1.39 bits per heavy atom. The van der Waals surface area contributed by atoms with Gasteiger partial charge in [-0.25, -0.2) is 0 Å². The first kappa shape index (κ1) is 12.8. The van der Waals surface area contributed by atoms with Crippen molar-refractivity contribution in [1.82, 2.24) is 24.9 Å². The first-order valence-electron chi connectivity index (χ1n) is 6.49. The van der Waals surface area contributed by atoms with Gasteiger partial charge in [0.25, 0.3) is 0 Å². The molecule has 0 radical (unpaired) electrons. The molecule has 1 unspecified atom stereocenters. The fourth-order valence-corrected chi connectivity index (χ4v) is 1.97. The summed E-state index contributed by atoms with van der Waals surface area (Å²) in [4.78, 5) is 0. The van der Waals surface area contributed by atoms with Crippen LogP contribution < -0.4 is 5.32 Å². The summed E-state index contributed by atoms with van der Waals surface area (Å²) in [5.41, 5.74) is 2.21. The molecule has 0 aliphatic carbocycles. The Kier molecular flexibility index (Phi) is 4.15. The van der Waals surface area contributed by atoms with Gasteiger partial charge in [0.1, 0.15) is 0 Å². The lowest BCUT2D eigenvalue weighted by Gasteiger charge is -2.14. The average molecular weight is 247 g/mol. The lowest BCUT2D eigenvalue weighted by molar-refractivity contribution is 0.574. The van der Waals surface area contributed by atoms with Crippen molar-refractivity contribution in [1.29, 1.82) is 0 Å². The molecule has 18 heavy (non-hydrogen) atoms. The standard InChI is InChI=1S/C13H21N5/c1-4-7-14-13(12-6-8-17(3)16-12)11-9-15-18(5-2)10-11/h6,8-10,13-14H,4-5,7H2,1-3H3. The molecule has 0 bridgehead atoms. The van der Waals surface area contributed by atoms with Crippen LogP contribution in [-0.4, -0.2) is 26.1 Å². The molecule has 0 fully saturated rings. The molecule has 2 aromatic rings. The fourth-order valence-electron chi connectivity index (χ4n) is 1.97. The van der Waals surface area contributed by atoms with E-state index < -0.39 is 0 Å². The summed E-state index contributed by atoms with van der Waals surface area (Å²) < 4.78 is 3.78. The minimum absolute atomic E-state index is 0.131. The highest BCUT2D eigenvalue weighted by Gasteiger charge is 2.17. The molecule has 98 valence electrons. The summed E-state index contributed by atoms with van der Waals surface area (Å²) in [6.45, 7) is 6.12. The summed E-state index contributed by atoms with van der Waals surface area (Å²) in [5.74, 6) is 0. The van der Waals surface area contributed by atoms with E-state index in [0.29, 0.717) is 0 Å². The molecule has 5 nitrogen and oxygen atoms in total. The smallest absolute Gasteiger partial charge is 0.0840 e. The van der Waals surface area contributed by atoms with Gasteiger partial charge in [-0.3, -0.25) is 9.36 Å². The van der Waals surface area contributed by atoms with Crippen LogP contribution in [0.25, 0.3) is 0 Å². The van der Waals surface area contributed by atoms with Gasteiger partial charge in [0.05, 0.1) is 17.9 Å². The van der Waals surface area contributed by atoms with E-state index in [1.807, 2.05) is 28.8 Å². The van der Waals surface area contributed by atoms with Crippen molar-refractivity contribution in [3.63, 3.8) is 0 Å². The van der Waals surface area contributed by atoms with Crippen molar-refractivity contribution in [2.75, 3.05) is 6.54 Å². The third-order valence-electron chi connectivity index (χ3n) is 2.94. The van der Waals surface area contributed by atoms with Gasteiger partial charge in [-0.05, 0) is 26.0 Å². The molecule has 5 heteroatoms. The molecular formula is C13H21N5. The minimum atomic E-state index is 0.131. The van der Waals surface area contributed by atoms with E-state index in [-0.39, 0.29) is 6.04 Å². The number of hydrogen-bond donors (Lipinski definition) is 1. The summed E-state index contributed by atoms with van der Waals surface area (Å²) in [6.07, 6.45) is 7.08. The summed E-state index contributed by atoms with van der Waals surface area (Å²) >= 11 is 0. The average Bonchev–Trinajstić information content (AvgIpc) is 2.99. The topological polar surface area (TPSA) is 47.7 Å². The Morgan fingerprint density at radius 2 is 2.22 bits per heavy atom. The molecule has 0 aromatic carbocycles. The SMILES string of the molecule is CCCNC(c1cnn(CC)c1)c1ccn(C)n1. The molecular weight excluding hydrogens is 226 g/mol. The van der Waals surface area contributed by atoms with E-state index in [0.717, 1.165) is 25.2 Å². The molecule has 1 atom stereocenters. The maximum Gasteiger partial charge on any atom is 0.0840 e. The fraction of sp³-hybridized carbons (Fsp3) is 0.538. The molecule has 2 rings (SSSR count). The lowest BCUT2D eigenvalue weighted by atomic mass is 10.1. The van der Waals surface area contributed by atoms with E-state index in [1.165, 1.54) is 5.56 Å². The number of nitrogens with zero attached hydrogens (tertiary/aromatic N) is 4. The van der Waals surface area contributed by atoms with Crippen molar-refractivity contribution < 1.29 is 0 Å². The maximum absolute atomic E-state index is 4.49. The van der Waals surface area contributed by atoms with Crippen molar-refractivity contribution >= 4 is 0 Å². The van der Waals surface area contributed by atoms with Crippen LogP contribution in [0.2, 0.25) is 0 Å². The minimum Gasteiger partial charge on any atom is -0.305 e. The van der Waals surface area contributed by atoms with Crippen LogP contribution in [0.3, 0.4) is 0 Å². The predicted molar refractivity (Wildman–Crippen MR) is 71.2 cm³/mol. The van der Waals surface area contributed by atoms with E-state index in [1.54, 1.807) is 0 Å². The monoisotopic (exact) mass is 247 g/mol. The van der Waals surface area contributed by atoms with Gasteiger partial charge in [0.15, 0.2) is 0 Å². The van der Waals surface area contributed by atoms with E-state index >= 15 is 0 Å². The third-order valence-corrected chi connectivity index (χ3v) is 2.94. The Labute approximate surface area is 108 Å². The number of aryl methyl sites for hydroxylation is 2. The van der Waals surface area contributed by atoms with Crippen LogP contribution in [-0.2, 0) is 13.6 Å². The zero-order chi connectivity index (χ0) is 13.0. The highest BCUT2D eigenvalue weighted by molar-refractivity contribution is 5.22. The number of aromatic nitrogens is 4. The summed E-state index contributed by atoms with van der Waals surface area (Å²) in [5, 5.41) is 12.4. The van der Waals surface area contributed by atoms with Gasteiger partial charge in [-0.15, -0.1) is 0 Å². The second kappa shape index (κ2) is 5.82. The quantitative estimate of drug-likeness (QED) is 0.845. The van der Waals surface area contributed by atoms with Crippen molar-refractivity contribution in [2.24, 2.45) is 7.05 Å². The van der Waals surface area contributed by atoms with Crippen LogP contribution in [0.1, 0.15) is 37.6 Å². The first-order chi connectivity index (χ1) is 8.74. The summed E-state index contributed by atoms with van der Waals surface area (Å²) in [6, 6.07) is 2.18. The number of hydrogen-bond acceptors (Lipinski definition) is 3. The second-order valence-electron chi connectivity index (χ2n) is 4.43. The molecule has 0 aliphatic heterocycles. The van der Waals surface area contributed by atoms with Crippen LogP contribution in [0, 0.1) is 0 Å². The van der Waals surface area contributed by atoms with Crippen molar-refractivity contribution in [3.05, 3.63) is 35.9 Å². The number of nitrogens with one attached hydrogen (secondary N) is 1. The largest absolute Gasteiger partial charge is 0.305 e. The molecule has 2 aromatic heterocycles. The van der Waals surface area contributed by atoms with E-state index in [2.05, 4.69) is 41.6 Å². The zero-order valence-corrected chi connectivity index (χ0v) is 11.3. The van der Waals surface area contributed by atoms with Gasteiger partial charge in [-0.1, -0.05) is 6.92 Å². The lowest BCUT2D eigenvalue weighted by Crippen LogP contribution is -2.23. The van der Waals surface area contributed by atoms with Gasteiger partial charge >= 0.3 is 0 Å². The van der Waals surface area contributed by atoms with Crippen LogP contribution >= 0.6 is 0 Å². The zero-order valence-electron chi connectivity index (χ0n) is 11.3. The predicted octanol–water partition coefficient (Wildman–Crippen LogP) is 1.73. The highest BCUT2D eigenvalue weighted by atomic mass is 15.3. The molecule has 0 spiro atoms. The first-order valence-corrected chi connectivity index (χ1v) is 6.49. The third kappa shape index (κ3) is 2.79. The number of rotatable bonds is 6. The Balaban J connectivity index is 2.24. The van der Waals surface area contributed by atoms with E-state index in [9.17, 15) is 0 Å². The van der Waals surface area contributed by atoms with Gasteiger partial charge in [0.2, 0.25) is 0 Å². The van der Waals surface area contributed by atoms with Gasteiger partial charge in [0, 0.05) is 31.5 Å². The summed E-state index contributed by atoms with van der Waals surface area (Å²) in [7, 11) is 1.94. The van der Waals surface area contributed by atoms with Crippen molar-refractivity contribution in [3.8, 4) is 0 Å². The van der Waals surface area contributed by atoms with Crippen LogP contribution in [0.4, 0.5) is 0 Å². The molecule has 0 aliphatic rings. The van der Waals surface area contributed by atoms with Gasteiger partial charge < -0.3 is 5.32 Å². The Hall–Kier alpha value is -1.62. The van der Waals surface area contributed by atoms with Crippen LogP contribution in [0.5, 0.6) is 0 Å². The Morgan fingerprint density at radius 3 is 2.78 bits per heavy atom. The molecule has 0 saturated heterocycles. The Bertz CT molecular complexity index is 485. The van der Waals surface area contributed by atoms with Gasteiger partial charge in [-0.2, -0.15) is 10.2 Å². The molecule has 1 N–H and O–H groups in total. The molecule has 0 amide bonds. The normalized spacial score (nSPS) is 12.8.